The molecule has 0 aliphatic carbocycles. The molecule has 0 bridgehead atoms. The molecular weight excluding hydrogens is 306 g/mol. The maximum atomic E-state index is 12.1. The summed E-state index contributed by atoms with van der Waals surface area (Å²) in [4.78, 5) is 12.1. The number of hydrogen-bond donors (Lipinski definition) is 1. The average molecular weight is 325 g/mol. The number of ether oxygens (including phenoxy) is 3. The molecule has 24 heavy (non-hydrogen) atoms. The number of carbonyl (C=O) groups excluding carboxylic acids is 1. The Hall–Kier alpha value is -2.69. The first-order valence-corrected chi connectivity index (χ1v) is 8.10. The molecule has 124 valence electrons. The molecule has 5 nitrogen and oxygen atoms in total. The van der Waals surface area contributed by atoms with Crippen LogP contribution in [0.3, 0.4) is 0 Å². The molecule has 4 rings (SSSR count). The highest BCUT2D eigenvalue weighted by atomic mass is 16.7. The fourth-order valence-electron chi connectivity index (χ4n) is 3.20. The maximum Gasteiger partial charge on any atom is 0.231 e. The Bertz CT molecular complexity index is 783. The number of nitrogens with one attached hydrogen (secondary N) is 1. The molecule has 1 atom stereocenters. The Balaban J connectivity index is 1.70. The van der Waals surface area contributed by atoms with E-state index in [1.807, 2.05) is 50.2 Å². The van der Waals surface area contributed by atoms with E-state index in [1.54, 1.807) is 0 Å². The first-order chi connectivity index (χ1) is 11.6. The largest absolute Gasteiger partial charge is 0.491 e. The van der Waals surface area contributed by atoms with E-state index in [4.69, 9.17) is 14.2 Å². The van der Waals surface area contributed by atoms with Gasteiger partial charge < -0.3 is 19.5 Å². The normalized spacial score (nSPS) is 18.3. The van der Waals surface area contributed by atoms with Crippen molar-refractivity contribution >= 4 is 11.6 Å². The summed E-state index contributed by atoms with van der Waals surface area (Å²) in [6.07, 6.45) is 0.550. The van der Waals surface area contributed by atoms with Crippen molar-refractivity contribution in [3.63, 3.8) is 0 Å². The lowest BCUT2D eigenvalue weighted by atomic mass is 9.84. The first-order valence-electron chi connectivity index (χ1n) is 8.10. The van der Waals surface area contributed by atoms with Crippen LogP contribution in [0.2, 0.25) is 0 Å². The van der Waals surface area contributed by atoms with Crippen molar-refractivity contribution in [1.82, 2.24) is 0 Å². The summed E-state index contributed by atoms with van der Waals surface area (Å²) in [7, 11) is 0. The van der Waals surface area contributed by atoms with Crippen LogP contribution in [0.4, 0.5) is 5.69 Å². The standard InChI is InChI=1S/C19H19NO4/c1-11(2)24-13-5-3-12(4-6-13)14-8-19(21)20-16-9-18-17(7-15(14)16)22-10-23-18/h3-7,9,11,14H,8,10H2,1-2H3,(H,20,21)/t14-/m0/s1. The summed E-state index contributed by atoms with van der Waals surface area (Å²) in [6, 6.07) is 11.8. The van der Waals surface area contributed by atoms with Gasteiger partial charge in [0, 0.05) is 24.1 Å². The van der Waals surface area contributed by atoms with E-state index in [0.29, 0.717) is 12.2 Å². The summed E-state index contributed by atoms with van der Waals surface area (Å²) in [6.45, 7) is 4.22. The zero-order valence-corrected chi connectivity index (χ0v) is 13.7. The number of carbonyl (C=O) groups is 1. The van der Waals surface area contributed by atoms with Crippen molar-refractivity contribution in [1.29, 1.82) is 0 Å². The summed E-state index contributed by atoms with van der Waals surface area (Å²) in [5.41, 5.74) is 2.93. The molecule has 1 N–H and O–H groups in total. The van der Waals surface area contributed by atoms with Crippen LogP contribution in [0.1, 0.15) is 37.3 Å². The first kappa shape index (κ1) is 14.9. The van der Waals surface area contributed by atoms with E-state index >= 15 is 0 Å². The predicted molar refractivity (Wildman–Crippen MR) is 89.9 cm³/mol. The van der Waals surface area contributed by atoms with Gasteiger partial charge in [0.25, 0.3) is 0 Å². The van der Waals surface area contributed by atoms with E-state index < -0.39 is 0 Å². The van der Waals surface area contributed by atoms with E-state index in [2.05, 4.69) is 5.32 Å². The van der Waals surface area contributed by atoms with Crippen LogP contribution in [-0.2, 0) is 4.79 Å². The zero-order valence-electron chi connectivity index (χ0n) is 13.7. The van der Waals surface area contributed by atoms with Gasteiger partial charge in [0.15, 0.2) is 11.5 Å². The Morgan fingerprint density at radius 1 is 1.12 bits per heavy atom. The Kier molecular flexibility index (Phi) is 3.56. The molecule has 0 radical (unpaired) electrons. The van der Waals surface area contributed by atoms with Gasteiger partial charge in [-0.25, -0.2) is 0 Å². The van der Waals surface area contributed by atoms with E-state index in [1.165, 1.54) is 0 Å². The van der Waals surface area contributed by atoms with Gasteiger partial charge in [-0.15, -0.1) is 0 Å². The minimum atomic E-state index is -0.00338. The maximum absolute atomic E-state index is 12.1. The molecule has 0 spiro atoms. The SMILES string of the molecule is CC(C)Oc1ccc([C@@H]2CC(=O)Nc3cc4c(cc32)OCO4)cc1. The van der Waals surface area contributed by atoms with Crippen molar-refractivity contribution in [2.24, 2.45) is 0 Å². The van der Waals surface area contributed by atoms with E-state index in [9.17, 15) is 4.79 Å². The second-order valence-electron chi connectivity index (χ2n) is 6.33. The number of amides is 1. The van der Waals surface area contributed by atoms with Crippen LogP contribution in [0.15, 0.2) is 36.4 Å². The summed E-state index contributed by atoms with van der Waals surface area (Å²) in [5.74, 6) is 2.25. The van der Waals surface area contributed by atoms with Gasteiger partial charge in [0.2, 0.25) is 12.7 Å². The van der Waals surface area contributed by atoms with Gasteiger partial charge in [-0.2, -0.15) is 0 Å². The van der Waals surface area contributed by atoms with E-state index in [0.717, 1.165) is 28.3 Å². The molecule has 0 fully saturated rings. The Morgan fingerprint density at radius 2 is 1.83 bits per heavy atom. The monoisotopic (exact) mass is 325 g/mol. The second kappa shape index (κ2) is 5.74. The fourth-order valence-corrected chi connectivity index (χ4v) is 3.20. The van der Waals surface area contributed by atoms with Crippen LogP contribution in [-0.4, -0.2) is 18.8 Å². The Morgan fingerprint density at radius 3 is 2.54 bits per heavy atom. The molecule has 2 aliphatic rings. The molecule has 2 aromatic carbocycles. The molecule has 0 saturated heterocycles. The zero-order chi connectivity index (χ0) is 16.7. The molecule has 2 heterocycles. The number of hydrogen-bond acceptors (Lipinski definition) is 4. The topological polar surface area (TPSA) is 56.8 Å². The molecule has 0 aromatic heterocycles. The van der Waals surface area contributed by atoms with Crippen LogP contribution < -0.4 is 19.5 Å². The van der Waals surface area contributed by atoms with Gasteiger partial charge in [-0.3, -0.25) is 4.79 Å². The number of benzene rings is 2. The van der Waals surface area contributed by atoms with Gasteiger partial charge in [0.1, 0.15) is 5.75 Å². The molecule has 1 amide bonds. The van der Waals surface area contributed by atoms with Gasteiger partial charge in [-0.05, 0) is 43.2 Å². The molecule has 5 heteroatoms. The highest BCUT2D eigenvalue weighted by Gasteiger charge is 2.29. The van der Waals surface area contributed by atoms with Crippen LogP contribution >= 0.6 is 0 Å². The van der Waals surface area contributed by atoms with E-state index in [-0.39, 0.29) is 24.7 Å². The second-order valence-corrected chi connectivity index (χ2v) is 6.33. The summed E-state index contributed by atoms with van der Waals surface area (Å²) in [5, 5.41) is 2.93. The quantitative estimate of drug-likeness (QED) is 0.935. The van der Waals surface area contributed by atoms with Crippen LogP contribution in [0.5, 0.6) is 17.2 Å². The van der Waals surface area contributed by atoms with Crippen molar-refractivity contribution in [2.75, 3.05) is 12.1 Å². The molecular formula is C19H19NO4. The minimum Gasteiger partial charge on any atom is -0.491 e. The molecule has 0 saturated carbocycles. The van der Waals surface area contributed by atoms with Crippen molar-refractivity contribution < 1.29 is 19.0 Å². The van der Waals surface area contributed by atoms with Gasteiger partial charge in [0.05, 0.1) is 6.10 Å². The van der Waals surface area contributed by atoms with Crippen molar-refractivity contribution in [3.8, 4) is 17.2 Å². The highest BCUT2D eigenvalue weighted by Crippen LogP contribution is 2.44. The number of rotatable bonds is 3. The lowest BCUT2D eigenvalue weighted by Gasteiger charge is -2.26. The van der Waals surface area contributed by atoms with Gasteiger partial charge in [-0.1, -0.05) is 12.1 Å². The van der Waals surface area contributed by atoms with Gasteiger partial charge >= 0.3 is 0 Å². The summed E-state index contributed by atoms with van der Waals surface area (Å²) < 4.78 is 16.6. The number of anilines is 1. The third-order valence-corrected chi connectivity index (χ3v) is 4.24. The highest BCUT2D eigenvalue weighted by molar-refractivity contribution is 5.96. The Labute approximate surface area is 140 Å². The van der Waals surface area contributed by atoms with Crippen LogP contribution in [0.25, 0.3) is 0 Å². The number of fused-ring (bicyclic) bond motifs is 2. The summed E-state index contributed by atoms with van der Waals surface area (Å²) >= 11 is 0. The van der Waals surface area contributed by atoms with Crippen molar-refractivity contribution in [3.05, 3.63) is 47.5 Å². The lowest BCUT2D eigenvalue weighted by Crippen LogP contribution is -2.23. The molecule has 0 unspecified atom stereocenters. The van der Waals surface area contributed by atoms with Crippen LogP contribution in [0, 0.1) is 0 Å². The fraction of sp³-hybridized carbons (Fsp3) is 0.316. The minimum absolute atomic E-state index is 0.00338. The van der Waals surface area contributed by atoms with Crippen molar-refractivity contribution in [2.45, 2.75) is 32.3 Å². The predicted octanol–water partition coefficient (Wildman–Crippen LogP) is 3.68. The molecule has 2 aliphatic heterocycles. The lowest BCUT2D eigenvalue weighted by molar-refractivity contribution is -0.116. The third kappa shape index (κ3) is 2.66. The molecule has 2 aromatic rings. The third-order valence-electron chi connectivity index (χ3n) is 4.24. The average Bonchev–Trinajstić information content (AvgIpc) is 2.99. The smallest absolute Gasteiger partial charge is 0.231 e.